The fourth-order valence-electron chi connectivity index (χ4n) is 2.23. The molecule has 0 spiro atoms. The standard InChI is InChI=1S/C14H19BrFN/c1-9(7-11-3-4-11)17-10(2)12-5-6-14(16)13(15)8-12/h5-6,8-11,17H,3-4,7H2,1-2H3. The van der Waals surface area contributed by atoms with Crippen molar-refractivity contribution in [2.45, 2.75) is 45.2 Å². The van der Waals surface area contributed by atoms with E-state index in [1.807, 2.05) is 12.1 Å². The minimum absolute atomic E-state index is 0.202. The van der Waals surface area contributed by atoms with Crippen LogP contribution in [-0.4, -0.2) is 6.04 Å². The molecule has 1 aromatic carbocycles. The average molecular weight is 300 g/mol. The first-order valence-electron chi connectivity index (χ1n) is 6.27. The Labute approximate surface area is 111 Å². The van der Waals surface area contributed by atoms with Gasteiger partial charge in [0, 0.05) is 12.1 Å². The maximum absolute atomic E-state index is 13.1. The molecule has 0 bridgehead atoms. The molecule has 17 heavy (non-hydrogen) atoms. The van der Waals surface area contributed by atoms with Gasteiger partial charge in [-0.3, -0.25) is 0 Å². The Morgan fingerprint density at radius 2 is 2.12 bits per heavy atom. The summed E-state index contributed by atoms with van der Waals surface area (Å²) in [6, 6.07) is 6.02. The number of benzene rings is 1. The first-order valence-corrected chi connectivity index (χ1v) is 7.06. The molecule has 2 rings (SSSR count). The molecule has 0 aromatic heterocycles. The molecule has 1 aliphatic carbocycles. The second kappa shape index (κ2) is 5.49. The third-order valence-corrected chi connectivity index (χ3v) is 3.97. The van der Waals surface area contributed by atoms with E-state index in [4.69, 9.17) is 0 Å². The summed E-state index contributed by atoms with van der Waals surface area (Å²) in [7, 11) is 0. The lowest BCUT2D eigenvalue weighted by molar-refractivity contribution is 0.438. The summed E-state index contributed by atoms with van der Waals surface area (Å²) in [6.45, 7) is 4.36. The summed E-state index contributed by atoms with van der Waals surface area (Å²) in [6.07, 6.45) is 4.04. The van der Waals surface area contributed by atoms with Gasteiger partial charge in [-0.2, -0.15) is 0 Å². The van der Waals surface area contributed by atoms with Gasteiger partial charge in [-0.05, 0) is 59.8 Å². The predicted octanol–water partition coefficient (Wildman–Crippen LogP) is 4.43. The van der Waals surface area contributed by atoms with Crippen LogP contribution in [-0.2, 0) is 0 Å². The zero-order valence-corrected chi connectivity index (χ0v) is 11.9. The van der Waals surface area contributed by atoms with Crippen LogP contribution in [0.1, 0.15) is 44.7 Å². The van der Waals surface area contributed by atoms with E-state index in [0.29, 0.717) is 10.5 Å². The van der Waals surface area contributed by atoms with Crippen LogP contribution in [0, 0.1) is 11.7 Å². The monoisotopic (exact) mass is 299 g/mol. The van der Waals surface area contributed by atoms with Crippen LogP contribution in [0.5, 0.6) is 0 Å². The molecule has 2 atom stereocenters. The van der Waals surface area contributed by atoms with E-state index >= 15 is 0 Å². The Kier molecular flexibility index (Phi) is 4.21. The number of rotatable bonds is 5. The summed E-state index contributed by atoms with van der Waals surface area (Å²) in [5.74, 6) is 0.733. The van der Waals surface area contributed by atoms with E-state index in [0.717, 1.165) is 11.5 Å². The predicted molar refractivity (Wildman–Crippen MR) is 72.5 cm³/mol. The van der Waals surface area contributed by atoms with Crippen molar-refractivity contribution in [1.82, 2.24) is 5.32 Å². The third kappa shape index (κ3) is 3.78. The Morgan fingerprint density at radius 3 is 2.71 bits per heavy atom. The molecule has 1 nitrogen and oxygen atoms in total. The van der Waals surface area contributed by atoms with Crippen molar-refractivity contribution in [1.29, 1.82) is 0 Å². The Balaban J connectivity index is 1.93. The molecule has 1 saturated carbocycles. The first kappa shape index (κ1) is 13.0. The topological polar surface area (TPSA) is 12.0 Å². The summed E-state index contributed by atoms with van der Waals surface area (Å²) < 4.78 is 13.7. The summed E-state index contributed by atoms with van der Waals surface area (Å²) in [5.41, 5.74) is 1.13. The van der Waals surface area contributed by atoms with Gasteiger partial charge in [0.2, 0.25) is 0 Å². The van der Waals surface area contributed by atoms with Crippen LogP contribution in [0.25, 0.3) is 0 Å². The number of hydrogen-bond donors (Lipinski definition) is 1. The van der Waals surface area contributed by atoms with Crippen molar-refractivity contribution in [3.8, 4) is 0 Å². The van der Waals surface area contributed by atoms with Crippen molar-refractivity contribution in [3.05, 3.63) is 34.1 Å². The second-order valence-electron chi connectivity index (χ2n) is 5.14. The fourth-order valence-corrected chi connectivity index (χ4v) is 2.62. The maximum Gasteiger partial charge on any atom is 0.137 e. The highest BCUT2D eigenvalue weighted by atomic mass is 79.9. The van der Waals surface area contributed by atoms with Gasteiger partial charge in [0.15, 0.2) is 0 Å². The Bertz CT molecular complexity index is 390. The minimum Gasteiger partial charge on any atom is -0.308 e. The van der Waals surface area contributed by atoms with Gasteiger partial charge in [-0.25, -0.2) is 4.39 Å². The van der Waals surface area contributed by atoms with Crippen LogP contribution in [0.4, 0.5) is 4.39 Å². The van der Waals surface area contributed by atoms with Crippen molar-refractivity contribution in [2.75, 3.05) is 0 Å². The zero-order chi connectivity index (χ0) is 12.4. The number of nitrogens with one attached hydrogen (secondary N) is 1. The maximum atomic E-state index is 13.1. The highest BCUT2D eigenvalue weighted by Gasteiger charge is 2.24. The fraction of sp³-hybridized carbons (Fsp3) is 0.571. The van der Waals surface area contributed by atoms with E-state index in [-0.39, 0.29) is 11.9 Å². The average Bonchev–Trinajstić information content (AvgIpc) is 3.05. The lowest BCUT2D eigenvalue weighted by Gasteiger charge is -2.20. The molecule has 1 N–H and O–H groups in total. The molecule has 1 aromatic rings. The molecule has 1 fully saturated rings. The summed E-state index contributed by atoms with van der Waals surface area (Å²) in [4.78, 5) is 0. The molecular weight excluding hydrogens is 281 g/mol. The van der Waals surface area contributed by atoms with E-state index in [9.17, 15) is 4.39 Å². The van der Waals surface area contributed by atoms with Crippen LogP contribution in [0.3, 0.4) is 0 Å². The lowest BCUT2D eigenvalue weighted by atomic mass is 10.1. The van der Waals surface area contributed by atoms with E-state index < -0.39 is 0 Å². The molecule has 2 unspecified atom stereocenters. The van der Waals surface area contributed by atoms with Gasteiger partial charge in [-0.15, -0.1) is 0 Å². The quantitative estimate of drug-likeness (QED) is 0.848. The Morgan fingerprint density at radius 1 is 1.41 bits per heavy atom. The Hall–Kier alpha value is -0.410. The van der Waals surface area contributed by atoms with Gasteiger partial charge in [0.25, 0.3) is 0 Å². The van der Waals surface area contributed by atoms with Gasteiger partial charge < -0.3 is 5.32 Å². The highest BCUT2D eigenvalue weighted by molar-refractivity contribution is 9.10. The highest BCUT2D eigenvalue weighted by Crippen LogP contribution is 2.34. The molecule has 0 saturated heterocycles. The van der Waals surface area contributed by atoms with E-state index in [1.165, 1.54) is 25.3 Å². The van der Waals surface area contributed by atoms with Gasteiger partial charge in [0.05, 0.1) is 4.47 Å². The minimum atomic E-state index is -0.202. The number of hydrogen-bond acceptors (Lipinski definition) is 1. The normalized spacial score (nSPS) is 19.1. The molecule has 0 aliphatic heterocycles. The molecule has 94 valence electrons. The molecule has 1 aliphatic rings. The zero-order valence-electron chi connectivity index (χ0n) is 10.3. The van der Waals surface area contributed by atoms with Crippen LogP contribution >= 0.6 is 15.9 Å². The summed E-state index contributed by atoms with van der Waals surface area (Å²) in [5, 5.41) is 3.57. The summed E-state index contributed by atoms with van der Waals surface area (Å²) >= 11 is 3.23. The molecule has 3 heteroatoms. The smallest absolute Gasteiger partial charge is 0.137 e. The number of halogens is 2. The van der Waals surface area contributed by atoms with Crippen molar-refractivity contribution >= 4 is 15.9 Å². The largest absolute Gasteiger partial charge is 0.308 e. The molecule has 0 radical (unpaired) electrons. The van der Waals surface area contributed by atoms with Crippen LogP contribution in [0.15, 0.2) is 22.7 Å². The molecule has 0 amide bonds. The lowest BCUT2D eigenvalue weighted by Crippen LogP contribution is -2.29. The SMILES string of the molecule is CC(CC1CC1)NC(C)c1ccc(F)c(Br)c1. The first-order chi connectivity index (χ1) is 8.06. The van der Waals surface area contributed by atoms with Gasteiger partial charge in [-0.1, -0.05) is 18.9 Å². The van der Waals surface area contributed by atoms with Crippen molar-refractivity contribution < 1.29 is 4.39 Å². The third-order valence-electron chi connectivity index (χ3n) is 3.36. The van der Waals surface area contributed by atoms with Crippen molar-refractivity contribution in [2.24, 2.45) is 5.92 Å². The van der Waals surface area contributed by atoms with Crippen LogP contribution in [0.2, 0.25) is 0 Å². The van der Waals surface area contributed by atoms with Crippen LogP contribution < -0.4 is 5.32 Å². The second-order valence-corrected chi connectivity index (χ2v) is 6.00. The van der Waals surface area contributed by atoms with Crippen molar-refractivity contribution in [3.63, 3.8) is 0 Å². The van der Waals surface area contributed by atoms with E-state index in [1.54, 1.807) is 0 Å². The van der Waals surface area contributed by atoms with Gasteiger partial charge in [0.1, 0.15) is 5.82 Å². The van der Waals surface area contributed by atoms with E-state index in [2.05, 4.69) is 35.1 Å². The molecule has 0 heterocycles. The molecular formula is C14H19BrFN. The van der Waals surface area contributed by atoms with Gasteiger partial charge >= 0.3 is 0 Å².